The van der Waals surface area contributed by atoms with Crippen LogP contribution < -0.4 is 11.1 Å². The number of nitrogens with two attached hydrogens (primary N) is 1. The third-order valence-electron chi connectivity index (χ3n) is 5.49. The lowest BCUT2D eigenvalue weighted by Crippen LogP contribution is -2.51. The van der Waals surface area contributed by atoms with E-state index in [1.54, 1.807) is 0 Å². The number of carbonyl (C=O) groups excluding carboxylic acids is 2. The molecule has 1 atom stereocenters. The molecule has 1 saturated carbocycles. The molecule has 0 aromatic carbocycles. The second-order valence-electron chi connectivity index (χ2n) is 7.44. The number of likely N-dealkylation sites (tertiary alicyclic amines) is 1. The largest absolute Gasteiger partial charge is 0.352 e. The first kappa shape index (κ1) is 18.2. The van der Waals surface area contributed by atoms with Gasteiger partial charge in [-0.15, -0.1) is 0 Å². The lowest BCUT2D eigenvalue weighted by molar-refractivity contribution is -0.136. The van der Waals surface area contributed by atoms with Crippen molar-refractivity contribution in [3.63, 3.8) is 0 Å². The van der Waals surface area contributed by atoms with E-state index < -0.39 is 0 Å². The van der Waals surface area contributed by atoms with Crippen LogP contribution in [0.15, 0.2) is 0 Å². The standard InChI is InChI=1S/C18H33N3O2/c1-2-7-16(22)20-15-8-6-11-21(13-15)17(23)12-18(14-19)9-4-3-5-10-18/h15H,2-14,19H2,1H3,(H,20,22). The molecule has 2 rings (SSSR count). The number of hydrogen-bond donors (Lipinski definition) is 2. The third kappa shape index (κ3) is 5.20. The molecule has 2 amide bonds. The summed E-state index contributed by atoms with van der Waals surface area (Å²) >= 11 is 0. The Hall–Kier alpha value is -1.10. The minimum atomic E-state index is 0.0216. The molecule has 2 fully saturated rings. The van der Waals surface area contributed by atoms with Crippen molar-refractivity contribution in [1.29, 1.82) is 0 Å². The van der Waals surface area contributed by atoms with E-state index in [9.17, 15) is 9.59 Å². The SMILES string of the molecule is CCCC(=O)NC1CCCN(C(=O)CC2(CN)CCCCC2)C1. The Morgan fingerprint density at radius 2 is 1.96 bits per heavy atom. The molecule has 1 unspecified atom stereocenters. The maximum absolute atomic E-state index is 12.7. The average molecular weight is 323 g/mol. The maximum Gasteiger partial charge on any atom is 0.223 e. The Bertz CT molecular complexity index is 405. The molecule has 5 heteroatoms. The van der Waals surface area contributed by atoms with Gasteiger partial charge < -0.3 is 16.0 Å². The molecule has 2 aliphatic rings. The van der Waals surface area contributed by atoms with Crippen LogP contribution in [-0.2, 0) is 9.59 Å². The summed E-state index contributed by atoms with van der Waals surface area (Å²) in [6.07, 6.45) is 9.78. The zero-order chi connectivity index (χ0) is 16.7. The molecule has 0 aromatic rings. The monoisotopic (exact) mass is 323 g/mol. The van der Waals surface area contributed by atoms with Crippen molar-refractivity contribution in [1.82, 2.24) is 10.2 Å². The lowest BCUT2D eigenvalue weighted by atomic mass is 9.71. The molecule has 1 heterocycles. The van der Waals surface area contributed by atoms with E-state index >= 15 is 0 Å². The summed E-state index contributed by atoms with van der Waals surface area (Å²) in [5.74, 6) is 0.337. The van der Waals surface area contributed by atoms with Gasteiger partial charge >= 0.3 is 0 Å². The van der Waals surface area contributed by atoms with Gasteiger partial charge in [0.2, 0.25) is 11.8 Å². The van der Waals surface area contributed by atoms with Crippen LogP contribution in [0.2, 0.25) is 0 Å². The number of amides is 2. The number of nitrogens with zero attached hydrogens (tertiary/aromatic N) is 1. The minimum Gasteiger partial charge on any atom is -0.352 e. The molecule has 0 radical (unpaired) electrons. The van der Waals surface area contributed by atoms with Gasteiger partial charge in [0.1, 0.15) is 0 Å². The summed E-state index contributed by atoms with van der Waals surface area (Å²) in [6.45, 7) is 4.10. The highest BCUT2D eigenvalue weighted by molar-refractivity contribution is 5.78. The van der Waals surface area contributed by atoms with E-state index in [-0.39, 0.29) is 23.3 Å². The Kier molecular flexibility index (Phi) is 6.88. The topological polar surface area (TPSA) is 75.4 Å². The molecular weight excluding hydrogens is 290 g/mol. The van der Waals surface area contributed by atoms with Gasteiger partial charge in [-0.3, -0.25) is 9.59 Å². The zero-order valence-electron chi connectivity index (χ0n) is 14.6. The first-order valence-corrected chi connectivity index (χ1v) is 9.36. The molecule has 1 aliphatic heterocycles. The highest BCUT2D eigenvalue weighted by Gasteiger charge is 2.35. The normalized spacial score (nSPS) is 24.3. The highest BCUT2D eigenvalue weighted by atomic mass is 16.2. The van der Waals surface area contributed by atoms with Gasteiger partial charge in [0.15, 0.2) is 0 Å². The summed E-state index contributed by atoms with van der Waals surface area (Å²) < 4.78 is 0. The van der Waals surface area contributed by atoms with Gasteiger partial charge in [0.25, 0.3) is 0 Å². The van der Waals surface area contributed by atoms with Crippen molar-refractivity contribution in [3.8, 4) is 0 Å². The Morgan fingerprint density at radius 3 is 2.61 bits per heavy atom. The van der Waals surface area contributed by atoms with E-state index in [1.165, 1.54) is 19.3 Å². The second-order valence-corrected chi connectivity index (χ2v) is 7.44. The van der Waals surface area contributed by atoms with Crippen LogP contribution in [0.3, 0.4) is 0 Å². The molecule has 5 nitrogen and oxygen atoms in total. The number of rotatable bonds is 6. The molecule has 0 aromatic heterocycles. The van der Waals surface area contributed by atoms with E-state index in [2.05, 4.69) is 5.32 Å². The highest BCUT2D eigenvalue weighted by Crippen LogP contribution is 2.39. The van der Waals surface area contributed by atoms with E-state index in [0.717, 1.165) is 38.6 Å². The summed E-state index contributed by atoms with van der Waals surface area (Å²) in [7, 11) is 0. The quantitative estimate of drug-likeness (QED) is 0.787. The smallest absolute Gasteiger partial charge is 0.223 e. The van der Waals surface area contributed by atoms with Gasteiger partial charge in [0.05, 0.1) is 0 Å². The van der Waals surface area contributed by atoms with Gasteiger partial charge in [-0.05, 0) is 44.1 Å². The predicted octanol–water partition coefficient (Wildman–Crippen LogP) is 2.19. The molecule has 1 aliphatic carbocycles. The average Bonchev–Trinajstić information content (AvgIpc) is 2.56. The molecule has 1 saturated heterocycles. The summed E-state index contributed by atoms with van der Waals surface area (Å²) in [6, 6.07) is 0.118. The van der Waals surface area contributed by atoms with Crippen molar-refractivity contribution in [2.75, 3.05) is 19.6 Å². The third-order valence-corrected chi connectivity index (χ3v) is 5.49. The summed E-state index contributed by atoms with van der Waals surface area (Å²) in [5.41, 5.74) is 6.04. The number of nitrogens with one attached hydrogen (secondary N) is 1. The molecular formula is C18H33N3O2. The van der Waals surface area contributed by atoms with Crippen molar-refractivity contribution in [3.05, 3.63) is 0 Å². The van der Waals surface area contributed by atoms with Crippen LogP contribution in [-0.4, -0.2) is 42.4 Å². The Labute approximate surface area is 140 Å². The van der Waals surface area contributed by atoms with Crippen molar-refractivity contribution >= 4 is 11.8 Å². The fraction of sp³-hybridized carbons (Fsp3) is 0.889. The van der Waals surface area contributed by atoms with Gasteiger partial charge in [-0.2, -0.15) is 0 Å². The molecule has 3 N–H and O–H groups in total. The van der Waals surface area contributed by atoms with Crippen LogP contribution in [0.1, 0.15) is 71.1 Å². The van der Waals surface area contributed by atoms with E-state index in [0.29, 0.717) is 25.9 Å². The Morgan fingerprint density at radius 1 is 1.22 bits per heavy atom. The summed E-state index contributed by atoms with van der Waals surface area (Å²) in [4.78, 5) is 26.5. The first-order valence-electron chi connectivity index (χ1n) is 9.36. The lowest BCUT2D eigenvalue weighted by Gasteiger charge is -2.39. The molecule has 0 bridgehead atoms. The minimum absolute atomic E-state index is 0.0216. The predicted molar refractivity (Wildman–Crippen MR) is 91.8 cm³/mol. The van der Waals surface area contributed by atoms with Crippen molar-refractivity contribution < 1.29 is 9.59 Å². The number of carbonyl (C=O) groups is 2. The van der Waals surface area contributed by atoms with Gasteiger partial charge in [0, 0.05) is 32.0 Å². The first-order chi connectivity index (χ1) is 11.1. The molecule has 23 heavy (non-hydrogen) atoms. The Balaban J connectivity index is 1.87. The van der Waals surface area contributed by atoms with Gasteiger partial charge in [-0.1, -0.05) is 26.2 Å². The fourth-order valence-corrected chi connectivity index (χ4v) is 4.04. The number of hydrogen-bond acceptors (Lipinski definition) is 3. The fourth-order valence-electron chi connectivity index (χ4n) is 4.04. The summed E-state index contributed by atoms with van der Waals surface area (Å²) in [5, 5.41) is 3.07. The van der Waals surface area contributed by atoms with Crippen LogP contribution >= 0.6 is 0 Å². The molecule has 132 valence electrons. The second kappa shape index (κ2) is 8.67. The maximum atomic E-state index is 12.7. The van der Waals surface area contributed by atoms with E-state index in [4.69, 9.17) is 5.73 Å². The van der Waals surface area contributed by atoms with Gasteiger partial charge in [-0.25, -0.2) is 0 Å². The van der Waals surface area contributed by atoms with Crippen LogP contribution in [0.4, 0.5) is 0 Å². The van der Waals surface area contributed by atoms with Crippen LogP contribution in [0.5, 0.6) is 0 Å². The zero-order valence-corrected chi connectivity index (χ0v) is 14.6. The van der Waals surface area contributed by atoms with Crippen molar-refractivity contribution in [2.24, 2.45) is 11.1 Å². The van der Waals surface area contributed by atoms with Crippen LogP contribution in [0.25, 0.3) is 0 Å². The van der Waals surface area contributed by atoms with E-state index in [1.807, 2.05) is 11.8 Å². The van der Waals surface area contributed by atoms with Crippen molar-refractivity contribution in [2.45, 2.75) is 77.2 Å². The number of piperidine rings is 1. The van der Waals surface area contributed by atoms with Crippen LogP contribution in [0, 0.1) is 5.41 Å². The molecule has 0 spiro atoms.